The van der Waals surface area contributed by atoms with Gasteiger partial charge in [-0.2, -0.15) is 0 Å². The molecule has 1 saturated heterocycles. The first-order valence-electron chi connectivity index (χ1n) is 9.85. The van der Waals surface area contributed by atoms with Crippen LogP contribution in [-0.4, -0.2) is 58.4 Å². The molecule has 4 rings (SSSR count). The molecule has 1 aliphatic heterocycles. The molecule has 0 spiro atoms. The first-order valence-corrected chi connectivity index (χ1v) is 10.2. The van der Waals surface area contributed by atoms with E-state index in [1.165, 1.54) is 18.2 Å². The molecule has 156 valence electrons. The lowest BCUT2D eigenvalue weighted by Gasteiger charge is -2.33. The van der Waals surface area contributed by atoms with Crippen molar-refractivity contribution in [2.24, 2.45) is 0 Å². The molecular formula is C22H23ClFN5O. The van der Waals surface area contributed by atoms with Gasteiger partial charge >= 0.3 is 0 Å². The molecule has 2 heterocycles. The Labute approximate surface area is 179 Å². The summed E-state index contributed by atoms with van der Waals surface area (Å²) in [5, 5.41) is 2.97. The summed E-state index contributed by atoms with van der Waals surface area (Å²) in [5.41, 5.74) is 2.51. The van der Waals surface area contributed by atoms with Crippen molar-refractivity contribution in [3.05, 3.63) is 71.3 Å². The maximum absolute atomic E-state index is 13.4. The number of carbonyl (C=O) groups is 1. The van der Waals surface area contributed by atoms with Gasteiger partial charge in [-0.3, -0.25) is 14.6 Å². The van der Waals surface area contributed by atoms with Gasteiger partial charge in [0.2, 0.25) is 5.91 Å². The third-order valence-electron chi connectivity index (χ3n) is 5.05. The molecule has 6 nitrogen and oxygen atoms in total. The molecule has 0 radical (unpaired) electrons. The summed E-state index contributed by atoms with van der Waals surface area (Å²) in [6.45, 7) is 4.36. The minimum atomic E-state index is -0.472. The fraction of sp³-hybridized carbons (Fsp3) is 0.273. The summed E-state index contributed by atoms with van der Waals surface area (Å²) in [6, 6.07) is 14.0. The number of rotatable bonds is 6. The number of carbonyl (C=O) groups excluding carboxylic acids is 1. The first-order chi connectivity index (χ1) is 14.5. The van der Waals surface area contributed by atoms with Gasteiger partial charge in [0.25, 0.3) is 0 Å². The van der Waals surface area contributed by atoms with Crippen LogP contribution < -0.4 is 5.32 Å². The van der Waals surface area contributed by atoms with E-state index in [1.54, 1.807) is 0 Å². The maximum atomic E-state index is 13.4. The van der Waals surface area contributed by atoms with Crippen LogP contribution in [0.15, 0.2) is 54.7 Å². The van der Waals surface area contributed by atoms with Crippen molar-refractivity contribution in [1.29, 1.82) is 0 Å². The van der Waals surface area contributed by atoms with Gasteiger partial charge in [-0.15, -0.1) is 0 Å². The molecule has 1 aliphatic rings. The quantitative estimate of drug-likeness (QED) is 0.630. The van der Waals surface area contributed by atoms with Gasteiger partial charge in [0.05, 0.1) is 6.54 Å². The van der Waals surface area contributed by atoms with E-state index in [-0.39, 0.29) is 17.5 Å². The Bertz CT molecular complexity index is 982. The lowest BCUT2D eigenvalue weighted by Crippen LogP contribution is -2.48. The Hall–Kier alpha value is -2.74. The van der Waals surface area contributed by atoms with Gasteiger partial charge in [0, 0.05) is 60.9 Å². The summed E-state index contributed by atoms with van der Waals surface area (Å²) >= 11 is 5.83. The number of piperazine rings is 1. The molecule has 0 aliphatic carbocycles. The van der Waals surface area contributed by atoms with Crippen molar-refractivity contribution >= 4 is 23.2 Å². The van der Waals surface area contributed by atoms with Crippen molar-refractivity contribution in [2.75, 3.05) is 38.0 Å². The molecule has 0 saturated carbocycles. The van der Waals surface area contributed by atoms with E-state index in [9.17, 15) is 9.18 Å². The van der Waals surface area contributed by atoms with Crippen molar-refractivity contribution in [3.63, 3.8) is 0 Å². The van der Waals surface area contributed by atoms with Crippen LogP contribution in [0.4, 0.5) is 10.1 Å². The lowest BCUT2D eigenvalue weighted by molar-refractivity contribution is -0.117. The molecular weight excluding hydrogens is 405 g/mol. The van der Waals surface area contributed by atoms with Gasteiger partial charge in [0.1, 0.15) is 11.6 Å². The van der Waals surface area contributed by atoms with Crippen LogP contribution in [0.5, 0.6) is 0 Å². The van der Waals surface area contributed by atoms with Crippen molar-refractivity contribution in [1.82, 2.24) is 19.8 Å². The van der Waals surface area contributed by atoms with Crippen LogP contribution in [0, 0.1) is 5.82 Å². The summed E-state index contributed by atoms with van der Waals surface area (Å²) in [4.78, 5) is 24.6. The van der Waals surface area contributed by atoms with Crippen LogP contribution in [-0.2, 0) is 11.3 Å². The zero-order chi connectivity index (χ0) is 20.9. The molecule has 0 unspecified atom stereocenters. The molecule has 30 heavy (non-hydrogen) atoms. The number of aromatic nitrogens is 2. The molecule has 0 bridgehead atoms. The zero-order valence-electron chi connectivity index (χ0n) is 16.4. The normalized spacial score (nSPS) is 15.3. The Morgan fingerprint density at radius 2 is 1.83 bits per heavy atom. The number of nitrogens with one attached hydrogen (secondary N) is 2. The van der Waals surface area contributed by atoms with Crippen LogP contribution in [0.2, 0.25) is 5.02 Å². The number of nitrogens with zero attached hydrogens (tertiary/aromatic N) is 3. The van der Waals surface area contributed by atoms with Crippen LogP contribution in [0.25, 0.3) is 11.4 Å². The van der Waals surface area contributed by atoms with E-state index in [0.29, 0.717) is 5.69 Å². The fourth-order valence-corrected chi connectivity index (χ4v) is 3.78. The Morgan fingerprint density at radius 1 is 1.10 bits per heavy atom. The Morgan fingerprint density at radius 3 is 2.57 bits per heavy atom. The highest BCUT2D eigenvalue weighted by Crippen LogP contribution is 2.18. The molecule has 1 amide bonds. The number of imidazole rings is 1. The minimum Gasteiger partial charge on any atom is -0.341 e. The molecule has 3 aromatic rings. The molecule has 2 N–H and O–H groups in total. The van der Waals surface area contributed by atoms with E-state index in [0.717, 1.165) is 49.8 Å². The van der Waals surface area contributed by atoms with Gasteiger partial charge in [-0.1, -0.05) is 41.9 Å². The average molecular weight is 428 g/mol. The summed E-state index contributed by atoms with van der Waals surface area (Å²) in [7, 11) is 0. The molecule has 8 heteroatoms. The predicted octanol–water partition coefficient (Wildman–Crippen LogP) is 3.63. The molecule has 1 fully saturated rings. The van der Waals surface area contributed by atoms with E-state index < -0.39 is 5.82 Å². The Balaban J connectivity index is 1.24. The number of hydrogen-bond donors (Lipinski definition) is 2. The highest BCUT2D eigenvalue weighted by molar-refractivity contribution is 6.30. The summed E-state index contributed by atoms with van der Waals surface area (Å²) < 4.78 is 13.4. The fourth-order valence-electron chi connectivity index (χ4n) is 3.56. The smallest absolute Gasteiger partial charge is 0.238 e. The number of benzene rings is 2. The van der Waals surface area contributed by atoms with E-state index in [2.05, 4.69) is 25.1 Å². The largest absolute Gasteiger partial charge is 0.341 e. The minimum absolute atomic E-state index is 0.175. The van der Waals surface area contributed by atoms with Crippen LogP contribution >= 0.6 is 11.6 Å². The van der Waals surface area contributed by atoms with Crippen LogP contribution in [0.3, 0.4) is 0 Å². The zero-order valence-corrected chi connectivity index (χ0v) is 17.2. The second-order valence-electron chi connectivity index (χ2n) is 7.38. The molecule has 2 aromatic carbocycles. The topological polar surface area (TPSA) is 64.3 Å². The molecule has 0 atom stereocenters. The van der Waals surface area contributed by atoms with Crippen molar-refractivity contribution in [3.8, 4) is 11.4 Å². The summed E-state index contributed by atoms with van der Waals surface area (Å²) in [5.74, 6) is 0.227. The van der Waals surface area contributed by atoms with Gasteiger partial charge in [0.15, 0.2) is 0 Å². The van der Waals surface area contributed by atoms with Gasteiger partial charge in [-0.25, -0.2) is 9.37 Å². The highest BCUT2D eigenvalue weighted by Gasteiger charge is 2.20. The Kier molecular flexibility index (Phi) is 6.42. The standard InChI is InChI=1S/C22H23ClFN5O/c23-17-10-18(24)12-19(11-17)26-21(30)15-29-8-6-28(7-9-29)14-20-13-25-22(27-20)16-4-2-1-3-5-16/h1-5,10-13H,6-9,14-15H2,(H,25,27)(H,26,30). The monoisotopic (exact) mass is 427 g/mol. The third kappa shape index (κ3) is 5.44. The van der Waals surface area contributed by atoms with Gasteiger partial charge in [-0.05, 0) is 18.2 Å². The lowest BCUT2D eigenvalue weighted by atomic mass is 10.2. The number of aromatic amines is 1. The molecule has 1 aromatic heterocycles. The SMILES string of the molecule is O=C(CN1CCN(Cc2cnc(-c3ccccc3)[nH]2)CC1)Nc1cc(F)cc(Cl)c1. The second kappa shape index (κ2) is 9.38. The number of hydrogen-bond acceptors (Lipinski definition) is 4. The maximum Gasteiger partial charge on any atom is 0.238 e. The number of H-pyrrole nitrogens is 1. The van der Waals surface area contributed by atoms with E-state index in [4.69, 9.17) is 11.6 Å². The number of halogens is 2. The van der Waals surface area contributed by atoms with Gasteiger partial charge < -0.3 is 10.3 Å². The number of anilines is 1. The van der Waals surface area contributed by atoms with E-state index in [1.807, 2.05) is 36.5 Å². The first kappa shape index (κ1) is 20.5. The number of amides is 1. The summed E-state index contributed by atoms with van der Waals surface area (Å²) in [6.07, 6.45) is 1.88. The second-order valence-corrected chi connectivity index (χ2v) is 7.82. The van der Waals surface area contributed by atoms with E-state index >= 15 is 0 Å². The average Bonchev–Trinajstić information content (AvgIpc) is 3.18. The predicted molar refractivity (Wildman–Crippen MR) is 116 cm³/mol. The van der Waals surface area contributed by atoms with Crippen LogP contribution in [0.1, 0.15) is 5.69 Å². The third-order valence-corrected chi connectivity index (χ3v) is 5.27. The van der Waals surface area contributed by atoms with Crippen molar-refractivity contribution in [2.45, 2.75) is 6.54 Å². The highest BCUT2D eigenvalue weighted by atomic mass is 35.5. The van der Waals surface area contributed by atoms with Crippen molar-refractivity contribution < 1.29 is 9.18 Å².